The number of aryl methyl sites for hydroxylation is 2. The molecule has 5 nitrogen and oxygen atoms in total. The molecule has 0 amide bonds. The number of aliphatic hydroxyl groups excluding tert-OH is 1. The molecule has 26 heavy (non-hydrogen) atoms. The first kappa shape index (κ1) is 22.9. The third kappa shape index (κ3) is 8.01. The van der Waals surface area contributed by atoms with Crippen molar-refractivity contribution in [2.24, 2.45) is 4.99 Å². The Morgan fingerprint density at radius 2 is 2.00 bits per heavy atom. The van der Waals surface area contributed by atoms with Gasteiger partial charge in [0.25, 0.3) is 0 Å². The van der Waals surface area contributed by atoms with Crippen molar-refractivity contribution in [3.05, 3.63) is 52.0 Å². The Bertz CT molecular complexity index is 648. The highest BCUT2D eigenvalue weighted by molar-refractivity contribution is 14.0. The number of thiazole rings is 1. The minimum absolute atomic E-state index is 0. The van der Waals surface area contributed by atoms with Crippen LogP contribution in [0.15, 0.2) is 40.7 Å². The standard InChI is InChI=1S/C19H28N4OS.HI/c1-15-14-25-18(23-15)10-6-7-11-21-19(20-2)22-12-17(13-24)16-8-4-3-5-9-16;/h3-5,8-9,14,17,24H,6-7,10-13H2,1-2H3,(H2,20,21,22);1H. The van der Waals surface area contributed by atoms with Crippen LogP contribution in [0.5, 0.6) is 0 Å². The molecule has 7 heteroatoms. The Balaban J connectivity index is 0.00000338. The maximum atomic E-state index is 9.62. The van der Waals surface area contributed by atoms with Gasteiger partial charge in [-0.25, -0.2) is 4.98 Å². The zero-order valence-corrected chi connectivity index (χ0v) is 18.6. The van der Waals surface area contributed by atoms with Crippen LogP contribution < -0.4 is 10.6 Å². The van der Waals surface area contributed by atoms with E-state index in [2.05, 4.69) is 26.0 Å². The summed E-state index contributed by atoms with van der Waals surface area (Å²) >= 11 is 1.74. The highest BCUT2D eigenvalue weighted by Gasteiger charge is 2.10. The number of nitrogens with one attached hydrogen (secondary N) is 2. The van der Waals surface area contributed by atoms with Crippen LogP contribution in [0.3, 0.4) is 0 Å². The van der Waals surface area contributed by atoms with Gasteiger partial charge in [0.1, 0.15) is 0 Å². The molecule has 1 aromatic heterocycles. The Hall–Kier alpha value is -1.19. The second-order valence-electron chi connectivity index (χ2n) is 6.01. The molecule has 0 aliphatic rings. The highest BCUT2D eigenvalue weighted by atomic mass is 127. The summed E-state index contributed by atoms with van der Waals surface area (Å²) in [5.74, 6) is 0.840. The minimum Gasteiger partial charge on any atom is -0.396 e. The van der Waals surface area contributed by atoms with Gasteiger partial charge in [-0.05, 0) is 31.7 Å². The van der Waals surface area contributed by atoms with Gasteiger partial charge in [-0.15, -0.1) is 35.3 Å². The van der Waals surface area contributed by atoms with Crippen LogP contribution in [0, 0.1) is 6.92 Å². The SMILES string of the molecule is CN=C(NCCCCc1nc(C)cs1)NCC(CO)c1ccccc1.I. The maximum Gasteiger partial charge on any atom is 0.190 e. The van der Waals surface area contributed by atoms with Gasteiger partial charge in [-0.2, -0.15) is 0 Å². The molecule has 0 radical (unpaired) electrons. The molecule has 1 atom stereocenters. The predicted molar refractivity (Wildman–Crippen MR) is 121 cm³/mol. The fraction of sp³-hybridized carbons (Fsp3) is 0.474. The molecule has 1 aromatic carbocycles. The zero-order valence-electron chi connectivity index (χ0n) is 15.4. The second kappa shape index (κ2) is 13.1. The molecule has 0 saturated heterocycles. The van der Waals surface area contributed by atoms with Gasteiger partial charge in [0.2, 0.25) is 0 Å². The van der Waals surface area contributed by atoms with E-state index in [-0.39, 0.29) is 36.5 Å². The van der Waals surface area contributed by atoms with E-state index in [0.717, 1.165) is 43.0 Å². The van der Waals surface area contributed by atoms with E-state index in [9.17, 15) is 5.11 Å². The van der Waals surface area contributed by atoms with Gasteiger partial charge in [0.05, 0.1) is 11.6 Å². The average molecular weight is 488 g/mol. The smallest absolute Gasteiger partial charge is 0.190 e. The van der Waals surface area contributed by atoms with Crippen molar-refractivity contribution in [1.29, 1.82) is 0 Å². The largest absolute Gasteiger partial charge is 0.396 e. The van der Waals surface area contributed by atoms with E-state index in [1.54, 1.807) is 18.4 Å². The number of aliphatic hydroxyl groups is 1. The summed E-state index contributed by atoms with van der Waals surface area (Å²) in [4.78, 5) is 8.73. The topological polar surface area (TPSA) is 69.5 Å². The van der Waals surface area contributed by atoms with Gasteiger partial charge in [-0.1, -0.05) is 30.3 Å². The minimum atomic E-state index is 0. The van der Waals surface area contributed by atoms with Crippen molar-refractivity contribution in [3.8, 4) is 0 Å². The van der Waals surface area contributed by atoms with E-state index in [0.29, 0.717) is 6.54 Å². The van der Waals surface area contributed by atoms with Gasteiger partial charge in [-0.3, -0.25) is 4.99 Å². The third-order valence-corrected chi connectivity index (χ3v) is 5.03. The lowest BCUT2D eigenvalue weighted by atomic mass is 10.0. The molecule has 0 spiro atoms. The van der Waals surface area contributed by atoms with Crippen molar-refractivity contribution in [2.75, 3.05) is 26.7 Å². The summed E-state index contributed by atoms with van der Waals surface area (Å²) in [5, 5.41) is 19.6. The molecular formula is C19H29IN4OS. The van der Waals surface area contributed by atoms with Crippen LogP contribution in [0.25, 0.3) is 0 Å². The molecule has 0 aliphatic carbocycles. The first-order valence-corrected chi connectivity index (χ1v) is 9.62. The molecule has 144 valence electrons. The average Bonchev–Trinajstić information content (AvgIpc) is 3.06. The van der Waals surface area contributed by atoms with E-state index < -0.39 is 0 Å². The molecule has 1 unspecified atom stereocenters. The van der Waals surface area contributed by atoms with Crippen molar-refractivity contribution in [1.82, 2.24) is 15.6 Å². The summed E-state index contributed by atoms with van der Waals surface area (Å²) in [6, 6.07) is 10.1. The quantitative estimate of drug-likeness (QED) is 0.219. The summed E-state index contributed by atoms with van der Waals surface area (Å²) in [6.45, 7) is 3.67. The van der Waals surface area contributed by atoms with Gasteiger partial charge < -0.3 is 15.7 Å². The molecule has 0 bridgehead atoms. The second-order valence-corrected chi connectivity index (χ2v) is 6.95. The first-order valence-electron chi connectivity index (χ1n) is 8.74. The van der Waals surface area contributed by atoms with Crippen molar-refractivity contribution < 1.29 is 5.11 Å². The van der Waals surface area contributed by atoms with Crippen molar-refractivity contribution >= 4 is 41.3 Å². The van der Waals surface area contributed by atoms with Crippen LogP contribution in [0.2, 0.25) is 0 Å². The number of hydrogen-bond donors (Lipinski definition) is 3. The van der Waals surface area contributed by atoms with E-state index >= 15 is 0 Å². The van der Waals surface area contributed by atoms with Crippen molar-refractivity contribution in [3.63, 3.8) is 0 Å². The molecule has 2 aromatic rings. The Kier molecular flexibility index (Phi) is 11.5. The molecule has 0 saturated carbocycles. The van der Waals surface area contributed by atoms with E-state index in [1.807, 2.05) is 37.3 Å². The normalized spacial score (nSPS) is 12.3. The molecule has 3 N–H and O–H groups in total. The lowest BCUT2D eigenvalue weighted by Crippen LogP contribution is -2.40. The summed E-state index contributed by atoms with van der Waals surface area (Å²) in [6.07, 6.45) is 3.22. The van der Waals surface area contributed by atoms with Gasteiger partial charge in [0.15, 0.2) is 5.96 Å². The molecule has 2 rings (SSSR count). The van der Waals surface area contributed by atoms with Gasteiger partial charge in [0, 0.05) is 37.1 Å². The predicted octanol–water partition coefficient (Wildman–Crippen LogP) is 3.33. The maximum absolute atomic E-state index is 9.62. The van der Waals surface area contributed by atoms with E-state index in [1.165, 1.54) is 5.01 Å². The number of halogens is 1. The number of aromatic nitrogens is 1. The van der Waals surface area contributed by atoms with Crippen LogP contribution >= 0.6 is 35.3 Å². The lowest BCUT2D eigenvalue weighted by molar-refractivity contribution is 0.265. The van der Waals surface area contributed by atoms with Crippen LogP contribution in [0.4, 0.5) is 0 Å². The summed E-state index contributed by atoms with van der Waals surface area (Å²) < 4.78 is 0. The number of rotatable bonds is 9. The fourth-order valence-electron chi connectivity index (χ4n) is 2.58. The highest BCUT2D eigenvalue weighted by Crippen LogP contribution is 2.13. The monoisotopic (exact) mass is 488 g/mol. The Labute approximate surface area is 177 Å². The summed E-state index contributed by atoms with van der Waals surface area (Å²) in [7, 11) is 1.77. The van der Waals surface area contributed by atoms with E-state index in [4.69, 9.17) is 0 Å². The molecule has 0 aliphatic heterocycles. The Morgan fingerprint density at radius 1 is 1.23 bits per heavy atom. The number of nitrogens with zero attached hydrogens (tertiary/aromatic N) is 2. The van der Waals surface area contributed by atoms with Gasteiger partial charge >= 0.3 is 0 Å². The fourth-order valence-corrected chi connectivity index (χ4v) is 3.40. The van der Waals surface area contributed by atoms with Crippen LogP contribution in [0.1, 0.15) is 35.0 Å². The molecule has 1 heterocycles. The van der Waals surface area contributed by atoms with Crippen LogP contribution in [-0.2, 0) is 6.42 Å². The zero-order chi connectivity index (χ0) is 17.9. The Morgan fingerprint density at radius 3 is 2.62 bits per heavy atom. The number of benzene rings is 1. The molecule has 0 fully saturated rings. The molecular weight excluding hydrogens is 459 g/mol. The number of unbranched alkanes of at least 4 members (excludes halogenated alkanes) is 1. The summed E-state index contributed by atoms with van der Waals surface area (Å²) in [5.41, 5.74) is 2.24. The third-order valence-electron chi connectivity index (χ3n) is 4.01. The van der Waals surface area contributed by atoms with Crippen molar-refractivity contribution in [2.45, 2.75) is 32.1 Å². The van der Waals surface area contributed by atoms with Crippen LogP contribution in [-0.4, -0.2) is 42.8 Å². The number of hydrogen-bond acceptors (Lipinski definition) is 4. The number of aliphatic imine (C=N–C) groups is 1. The number of guanidine groups is 1. The first-order chi connectivity index (χ1) is 12.2. The lowest BCUT2D eigenvalue weighted by Gasteiger charge is -2.18.